The summed E-state index contributed by atoms with van der Waals surface area (Å²) in [5.41, 5.74) is 6.32. The summed E-state index contributed by atoms with van der Waals surface area (Å²) in [4.78, 5) is 0. The average Bonchev–Trinajstić information content (AvgIpc) is 2.30. The molecule has 1 rings (SSSR count). The minimum absolute atomic E-state index is 0.0602. The van der Waals surface area contributed by atoms with Crippen LogP contribution >= 0.6 is 0 Å². The van der Waals surface area contributed by atoms with Gasteiger partial charge < -0.3 is 5.73 Å². The molecule has 0 aliphatic carbocycles. The molecular formula is C12H18FNO2S. The fourth-order valence-electron chi connectivity index (χ4n) is 1.50. The van der Waals surface area contributed by atoms with Crippen molar-refractivity contribution in [3.8, 4) is 0 Å². The highest BCUT2D eigenvalue weighted by Crippen LogP contribution is 2.16. The van der Waals surface area contributed by atoms with E-state index in [4.69, 9.17) is 5.73 Å². The number of hydrogen-bond acceptors (Lipinski definition) is 3. The van der Waals surface area contributed by atoms with E-state index in [-0.39, 0.29) is 17.5 Å². The molecule has 0 amide bonds. The Morgan fingerprint density at radius 2 is 2.06 bits per heavy atom. The molecule has 0 bridgehead atoms. The number of hydrogen-bond donors (Lipinski definition) is 1. The van der Waals surface area contributed by atoms with Gasteiger partial charge in [0.25, 0.3) is 0 Å². The summed E-state index contributed by atoms with van der Waals surface area (Å²) in [5.74, 6) is -0.452. The highest BCUT2D eigenvalue weighted by atomic mass is 32.2. The third-order valence-electron chi connectivity index (χ3n) is 2.89. The number of sulfone groups is 1. The smallest absolute Gasteiger partial charge is 0.157 e. The molecule has 0 aliphatic rings. The third kappa shape index (κ3) is 3.51. The highest BCUT2D eigenvalue weighted by molar-refractivity contribution is 7.91. The van der Waals surface area contributed by atoms with E-state index in [1.54, 1.807) is 6.92 Å². The standard InChI is InChI=1S/C12H18FNO2S/c1-3-9(2)17(15,16)8-10-4-5-12(13)11(6-10)7-14/h4-6,9H,3,7-8,14H2,1-2H3. The van der Waals surface area contributed by atoms with Crippen molar-refractivity contribution in [3.63, 3.8) is 0 Å². The summed E-state index contributed by atoms with van der Waals surface area (Å²) in [6.07, 6.45) is 0.577. The van der Waals surface area contributed by atoms with Crippen molar-refractivity contribution < 1.29 is 12.8 Å². The summed E-state index contributed by atoms with van der Waals surface area (Å²) in [6.45, 7) is 3.59. The first kappa shape index (κ1) is 14.1. The summed E-state index contributed by atoms with van der Waals surface area (Å²) in [7, 11) is -3.16. The fourth-order valence-corrected chi connectivity index (χ4v) is 2.94. The molecule has 5 heteroatoms. The van der Waals surface area contributed by atoms with Gasteiger partial charge in [0.15, 0.2) is 9.84 Å². The van der Waals surface area contributed by atoms with Crippen LogP contribution in [-0.2, 0) is 22.1 Å². The predicted molar refractivity (Wildman–Crippen MR) is 66.7 cm³/mol. The molecule has 2 N–H and O–H groups in total. The van der Waals surface area contributed by atoms with Gasteiger partial charge in [0, 0.05) is 12.1 Å². The Bertz CT molecular complexity index is 485. The van der Waals surface area contributed by atoms with E-state index in [0.717, 1.165) is 0 Å². The number of halogens is 1. The van der Waals surface area contributed by atoms with Gasteiger partial charge in [-0.05, 0) is 25.0 Å². The Morgan fingerprint density at radius 3 is 2.59 bits per heavy atom. The van der Waals surface area contributed by atoms with Crippen LogP contribution in [0.3, 0.4) is 0 Å². The lowest BCUT2D eigenvalue weighted by atomic mass is 10.1. The van der Waals surface area contributed by atoms with Crippen LogP contribution in [0.25, 0.3) is 0 Å². The van der Waals surface area contributed by atoms with Crippen LogP contribution in [-0.4, -0.2) is 13.7 Å². The summed E-state index contributed by atoms with van der Waals surface area (Å²) in [6, 6.07) is 4.29. The van der Waals surface area contributed by atoms with Gasteiger partial charge in [0.1, 0.15) is 5.82 Å². The molecular weight excluding hydrogens is 241 g/mol. The highest BCUT2D eigenvalue weighted by Gasteiger charge is 2.19. The van der Waals surface area contributed by atoms with Crippen molar-refractivity contribution in [2.45, 2.75) is 37.8 Å². The van der Waals surface area contributed by atoms with Gasteiger partial charge in [-0.15, -0.1) is 0 Å². The van der Waals surface area contributed by atoms with E-state index < -0.39 is 15.7 Å². The Labute approximate surface area is 102 Å². The van der Waals surface area contributed by atoms with Crippen LogP contribution in [0, 0.1) is 5.82 Å². The van der Waals surface area contributed by atoms with Crippen LogP contribution in [0.4, 0.5) is 4.39 Å². The number of rotatable bonds is 5. The average molecular weight is 259 g/mol. The topological polar surface area (TPSA) is 60.2 Å². The van der Waals surface area contributed by atoms with E-state index >= 15 is 0 Å². The Hall–Kier alpha value is -0.940. The second-order valence-corrected chi connectivity index (χ2v) is 6.58. The Kier molecular flexibility index (Phi) is 4.65. The van der Waals surface area contributed by atoms with Gasteiger partial charge >= 0.3 is 0 Å². The van der Waals surface area contributed by atoms with Crippen molar-refractivity contribution in [1.82, 2.24) is 0 Å². The molecule has 0 spiro atoms. The monoisotopic (exact) mass is 259 g/mol. The SMILES string of the molecule is CCC(C)S(=O)(=O)Cc1ccc(F)c(CN)c1. The largest absolute Gasteiger partial charge is 0.326 e. The summed E-state index contributed by atoms with van der Waals surface area (Å²) < 4.78 is 37.0. The zero-order chi connectivity index (χ0) is 13.1. The van der Waals surface area contributed by atoms with Crippen LogP contribution in [0.15, 0.2) is 18.2 Å². The molecule has 0 saturated carbocycles. The van der Waals surface area contributed by atoms with Crippen molar-refractivity contribution in [1.29, 1.82) is 0 Å². The molecule has 17 heavy (non-hydrogen) atoms. The Morgan fingerprint density at radius 1 is 1.41 bits per heavy atom. The summed E-state index contributed by atoms with van der Waals surface area (Å²) in [5, 5.41) is -0.381. The molecule has 0 radical (unpaired) electrons. The molecule has 96 valence electrons. The van der Waals surface area contributed by atoms with E-state index in [2.05, 4.69) is 0 Å². The summed E-state index contributed by atoms with van der Waals surface area (Å²) >= 11 is 0. The molecule has 0 aliphatic heterocycles. The molecule has 0 heterocycles. The molecule has 1 atom stereocenters. The molecule has 3 nitrogen and oxygen atoms in total. The maximum absolute atomic E-state index is 13.2. The molecule has 0 fully saturated rings. The zero-order valence-corrected chi connectivity index (χ0v) is 10.9. The lowest BCUT2D eigenvalue weighted by Gasteiger charge is -2.11. The predicted octanol–water partition coefficient (Wildman–Crippen LogP) is 2.00. The first-order chi connectivity index (χ1) is 7.90. The molecule has 1 unspecified atom stereocenters. The second kappa shape index (κ2) is 5.60. The number of nitrogens with two attached hydrogens (primary N) is 1. The van der Waals surface area contributed by atoms with E-state index in [0.29, 0.717) is 17.5 Å². The van der Waals surface area contributed by atoms with Crippen LogP contribution in [0.1, 0.15) is 31.4 Å². The van der Waals surface area contributed by atoms with Crippen molar-refractivity contribution in [2.75, 3.05) is 0 Å². The number of benzene rings is 1. The van der Waals surface area contributed by atoms with Gasteiger partial charge in [-0.3, -0.25) is 0 Å². The quantitative estimate of drug-likeness (QED) is 0.879. The van der Waals surface area contributed by atoms with Crippen molar-refractivity contribution >= 4 is 9.84 Å². The molecule has 0 saturated heterocycles. The van der Waals surface area contributed by atoms with Crippen LogP contribution < -0.4 is 5.73 Å². The maximum Gasteiger partial charge on any atom is 0.157 e. The molecule has 0 aromatic heterocycles. The van der Waals surface area contributed by atoms with E-state index in [1.807, 2.05) is 6.92 Å². The van der Waals surface area contributed by atoms with Crippen LogP contribution in [0.5, 0.6) is 0 Å². The second-order valence-electron chi connectivity index (χ2n) is 4.16. The van der Waals surface area contributed by atoms with Gasteiger partial charge in [-0.1, -0.05) is 19.1 Å². The van der Waals surface area contributed by atoms with E-state index in [1.165, 1.54) is 18.2 Å². The van der Waals surface area contributed by atoms with Gasteiger partial charge in [0.2, 0.25) is 0 Å². The maximum atomic E-state index is 13.2. The van der Waals surface area contributed by atoms with Gasteiger partial charge in [0.05, 0.1) is 11.0 Å². The van der Waals surface area contributed by atoms with Crippen LogP contribution in [0.2, 0.25) is 0 Å². The minimum atomic E-state index is -3.16. The lowest BCUT2D eigenvalue weighted by Crippen LogP contribution is -2.19. The Balaban J connectivity index is 2.96. The molecule has 1 aromatic rings. The third-order valence-corrected chi connectivity index (χ3v) is 5.18. The van der Waals surface area contributed by atoms with Crippen molar-refractivity contribution in [2.24, 2.45) is 5.73 Å². The fraction of sp³-hybridized carbons (Fsp3) is 0.500. The first-order valence-electron chi connectivity index (χ1n) is 5.59. The lowest BCUT2D eigenvalue weighted by molar-refractivity contribution is 0.579. The first-order valence-corrected chi connectivity index (χ1v) is 7.31. The minimum Gasteiger partial charge on any atom is -0.326 e. The van der Waals surface area contributed by atoms with Gasteiger partial charge in [-0.2, -0.15) is 0 Å². The molecule has 1 aromatic carbocycles. The van der Waals surface area contributed by atoms with Gasteiger partial charge in [-0.25, -0.2) is 12.8 Å². The van der Waals surface area contributed by atoms with E-state index in [9.17, 15) is 12.8 Å². The van der Waals surface area contributed by atoms with Crippen molar-refractivity contribution in [3.05, 3.63) is 35.1 Å². The zero-order valence-electron chi connectivity index (χ0n) is 10.1. The normalized spacial score (nSPS) is 13.6.